The van der Waals surface area contributed by atoms with Gasteiger partial charge in [0.2, 0.25) is 0 Å². The quantitative estimate of drug-likeness (QED) is 0.252. The number of carbonyl (C=O) groups excluding carboxylic acids is 1. The number of carbonyl (C=O) groups is 1. The van der Waals surface area contributed by atoms with E-state index in [2.05, 4.69) is 4.18 Å². The smallest absolute Gasteiger partial charge is 0.392 e. The first-order chi connectivity index (χ1) is 9.63. The molecule has 1 amide bonds. The molecule has 0 aliphatic carbocycles. The van der Waals surface area contributed by atoms with Gasteiger partial charge in [-0.1, -0.05) is 6.07 Å². The van der Waals surface area contributed by atoms with Crippen LogP contribution in [0.15, 0.2) is 29.2 Å². The molecule has 0 saturated heterocycles. The highest BCUT2D eigenvalue weighted by Crippen LogP contribution is 2.19. The van der Waals surface area contributed by atoms with Gasteiger partial charge in [-0.3, -0.25) is 10.1 Å². The Hall–Kier alpha value is -2.24. The van der Waals surface area contributed by atoms with E-state index in [0.717, 1.165) is 24.3 Å². The third-order valence-corrected chi connectivity index (χ3v) is 3.39. The average Bonchev–Trinajstić information content (AvgIpc) is 2.37. The molecule has 0 aliphatic heterocycles. The number of nitro groups is 1. The Morgan fingerprint density at radius 2 is 2.19 bits per heavy atom. The Balaban J connectivity index is 2.94. The fourth-order valence-corrected chi connectivity index (χ4v) is 2.19. The molecule has 116 valence electrons. The Labute approximate surface area is 120 Å². The minimum atomic E-state index is -4.55. The van der Waals surface area contributed by atoms with E-state index in [1.54, 1.807) is 0 Å². The standard InChI is InChI=1S/C10H13N3O7S/c1-7(14)6-12(11)10(15)20-21(18,19)9-4-2-3-8(5-9)13(16)17/h2-5,7,14H,6,11H2,1H3. The van der Waals surface area contributed by atoms with Crippen LogP contribution >= 0.6 is 0 Å². The molecule has 0 heterocycles. The van der Waals surface area contributed by atoms with Crippen LogP contribution < -0.4 is 5.84 Å². The molecule has 1 rings (SSSR count). The molecule has 0 radical (unpaired) electrons. The van der Waals surface area contributed by atoms with Crippen molar-refractivity contribution in [2.45, 2.75) is 17.9 Å². The van der Waals surface area contributed by atoms with Crippen LogP contribution in [0.2, 0.25) is 0 Å². The summed E-state index contributed by atoms with van der Waals surface area (Å²) in [6.45, 7) is 0.992. The topological polar surface area (TPSA) is 153 Å². The lowest BCUT2D eigenvalue weighted by Gasteiger charge is -2.17. The molecule has 3 N–H and O–H groups in total. The Morgan fingerprint density at radius 3 is 2.71 bits per heavy atom. The van der Waals surface area contributed by atoms with Gasteiger partial charge < -0.3 is 9.29 Å². The third-order valence-electron chi connectivity index (χ3n) is 2.19. The lowest BCUT2D eigenvalue weighted by molar-refractivity contribution is -0.385. The van der Waals surface area contributed by atoms with Crippen molar-refractivity contribution in [3.63, 3.8) is 0 Å². The van der Waals surface area contributed by atoms with E-state index < -0.39 is 37.8 Å². The van der Waals surface area contributed by atoms with E-state index in [9.17, 15) is 23.3 Å². The predicted octanol–water partition coefficient (Wildman–Crippen LogP) is -0.0234. The van der Waals surface area contributed by atoms with Crippen molar-refractivity contribution < 1.29 is 27.4 Å². The van der Waals surface area contributed by atoms with Gasteiger partial charge in [-0.2, -0.15) is 8.42 Å². The summed E-state index contributed by atoms with van der Waals surface area (Å²) in [5.41, 5.74) is -0.472. The zero-order valence-corrected chi connectivity index (χ0v) is 11.7. The number of amides is 1. The monoisotopic (exact) mass is 319 g/mol. The second-order valence-corrected chi connectivity index (χ2v) is 5.61. The number of nitrogens with two attached hydrogens (primary N) is 1. The lowest BCUT2D eigenvalue weighted by Crippen LogP contribution is -2.43. The van der Waals surface area contributed by atoms with E-state index in [0.29, 0.717) is 5.01 Å². The second kappa shape index (κ2) is 6.47. The van der Waals surface area contributed by atoms with Crippen molar-refractivity contribution >= 4 is 21.9 Å². The maximum atomic E-state index is 11.8. The van der Waals surface area contributed by atoms with E-state index >= 15 is 0 Å². The molecule has 1 aromatic rings. The van der Waals surface area contributed by atoms with Crippen LogP contribution in [0.1, 0.15) is 6.92 Å². The predicted molar refractivity (Wildman–Crippen MR) is 69.3 cm³/mol. The lowest BCUT2D eigenvalue weighted by atomic mass is 10.3. The molecule has 10 nitrogen and oxygen atoms in total. The van der Waals surface area contributed by atoms with E-state index in [4.69, 9.17) is 10.9 Å². The summed E-state index contributed by atoms with van der Waals surface area (Å²) in [4.78, 5) is 20.7. The van der Waals surface area contributed by atoms with Crippen molar-refractivity contribution in [1.29, 1.82) is 0 Å². The molecule has 0 spiro atoms. The number of aliphatic hydroxyl groups is 1. The summed E-state index contributed by atoms with van der Waals surface area (Å²) in [5.74, 6) is 5.21. The van der Waals surface area contributed by atoms with Gasteiger partial charge in [-0.15, -0.1) is 0 Å². The maximum Gasteiger partial charge on any atom is 0.440 e. The first-order valence-corrected chi connectivity index (χ1v) is 6.97. The van der Waals surface area contributed by atoms with Crippen LogP contribution in [0.25, 0.3) is 0 Å². The summed E-state index contributed by atoms with van der Waals surface area (Å²) in [5, 5.41) is 20.0. The third kappa shape index (κ3) is 4.66. The first-order valence-electron chi connectivity index (χ1n) is 5.56. The first kappa shape index (κ1) is 16.8. The fourth-order valence-electron chi connectivity index (χ4n) is 1.30. The molecule has 0 aromatic heterocycles. The van der Waals surface area contributed by atoms with Crippen LogP contribution in [0.3, 0.4) is 0 Å². The van der Waals surface area contributed by atoms with Crippen molar-refractivity contribution in [3.05, 3.63) is 34.4 Å². The molecular formula is C10H13N3O7S. The normalized spacial score (nSPS) is 12.5. The highest BCUT2D eigenvalue weighted by atomic mass is 32.2. The van der Waals surface area contributed by atoms with Crippen molar-refractivity contribution in [1.82, 2.24) is 5.01 Å². The van der Waals surface area contributed by atoms with Gasteiger partial charge in [0.25, 0.3) is 5.69 Å². The molecule has 0 bridgehead atoms. The molecular weight excluding hydrogens is 306 g/mol. The minimum Gasteiger partial charge on any atom is -0.392 e. The molecule has 21 heavy (non-hydrogen) atoms. The van der Waals surface area contributed by atoms with Crippen LogP contribution in [0.4, 0.5) is 10.5 Å². The Kier molecular flexibility index (Phi) is 5.18. The molecule has 1 unspecified atom stereocenters. The highest BCUT2D eigenvalue weighted by Gasteiger charge is 2.25. The molecule has 0 saturated carbocycles. The zero-order chi connectivity index (χ0) is 16.2. The van der Waals surface area contributed by atoms with Crippen molar-refractivity contribution in [2.24, 2.45) is 5.84 Å². The molecule has 0 aliphatic rings. The zero-order valence-electron chi connectivity index (χ0n) is 10.9. The van der Waals surface area contributed by atoms with Gasteiger partial charge >= 0.3 is 16.2 Å². The SMILES string of the molecule is CC(O)CN(N)C(=O)OS(=O)(=O)c1cccc([N+](=O)[O-])c1. The van der Waals surface area contributed by atoms with Crippen LogP contribution in [0, 0.1) is 10.1 Å². The number of hydrogen-bond donors (Lipinski definition) is 2. The molecule has 11 heteroatoms. The summed E-state index contributed by atoms with van der Waals surface area (Å²) in [6.07, 6.45) is -2.40. The Bertz CT molecular complexity index is 644. The second-order valence-electron chi connectivity index (χ2n) is 4.06. The molecule has 1 aromatic carbocycles. The molecule has 0 fully saturated rings. The fraction of sp³-hybridized carbons (Fsp3) is 0.300. The summed E-state index contributed by atoms with van der Waals surface area (Å²) >= 11 is 0. The van der Waals surface area contributed by atoms with Gasteiger partial charge in [0.05, 0.1) is 17.6 Å². The number of nitrogens with zero attached hydrogens (tertiary/aromatic N) is 2. The van der Waals surface area contributed by atoms with Crippen LogP contribution in [-0.2, 0) is 14.3 Å². The van der Waals surface area contributed by atoms with Gasteiger partial charge in [-0.25, -0.2) is 15.6 Å². The van der Waals surface area contributed by atoms with Crippen molar-refractivity contribution in [2.75, 3.05) is 6.54 Å². The maximum absolute atomic E-state index is 11.8. The van der Waals surface area contributed by atoms with Crippen LogP contribution in [-0.4, -0.2) is 42.2 Å². The van der Waals surface area contributed by atoms with Gasteiger partial charge in [0, 0.05) is 12.1 Å². The minimum absolute atomic E-state index is 0.344. The van der Waals surface area contributed by atoms with E-state index in [1.807, 2.05) is 0 Å². The summed E-state index contributed by atoms with van der Waals surface area (Å²) < 4.78 is 27.8. The van der Waals surface area contributed by atoms with E-state index in [-0.39, 0.29) is 6.54 Å². The number of aliphatic hydroxyl groups excluding tert-OH is 1. The average molecular weight is 319 g/mol. The van der Waals surface area contributed by atoms with Gasteiger partial charge in [0.15, 0.2) is 0 Å². The number of hydrogen-bond acceptors (Lipinski definition) is 8. The number of hydrazine groups is 1. The molecule has 1 atom stereocenters. The van der Waals surface area contributed by atoms with Crippen LogP contribution in [0.5, 0.6) is 0 Å². The van der Waals surface area contributed by atoms with E-state index in [1.165, 1.54) is 6.92 Å². The van der Waals surface area contributed by atoms with Crippen molar-refractivity contribution in [3.8, 4) is 0 Å². The largest absolute Gasteiger partial charge is 0.440 e. The number of non-ortho nitro benzene ring substituents is 1. The number of rotatable bonds is 5. The Morgan fingerprint density at radius 1 is 1.57 bits per heavy atom. The number of nitro benzene ring substituents is 1. The summed E-state index contributed by atoms with van der Waals surface area (Å²) in [6, 6.07) is 4.00. The number of benzene rings is 1. The summed E-state index contributed by atoms with van der Waals surface area (Å²) in [7, 11) is -4.55. The van der Waals surface area contributed by atoms with Gasteiger partial charge in [0.1, 0.15) is 4.90 Å². The van der Waals surface area contributed by atoms with Gasteiger partial charge in [-0.05, 0) is 13.0 Å². The highest BCUT2D eigenvalue weighted by molar-refractivity contribution is 7.87.